The molecule has 7 heteroatoms. The number of morpholine rings is 1. The van der Waals surface area contributed by atoms with Crippen molar-refractivity contribution in [3.8, 4) is 28.4 Å². The van der Waals surface area contributed by atoms with Crippen molar-refractivity contribution in [3.05, 3.63) is 60.9 Å². The normalized spacial score (nSPS) is 17.9. The van der Waals surface area contributed by atoms with Crippen LogP contribution >= 0.6 is 0 Å². The zero-order valence-electron chi connectivity index (χ0n) is 17.3. The molecule has 3 aromatic heterocycles. The summed E-state index contributed by atoms with van der Waals surface area (Å²) in [4.78, 5) is 19.1. The third-order valence-corrected chi connectivity index (χ3v) is 6.45. The number of benzene rings is 2. The number of nitrogens with zero attached hydrogens (tertiary/aromatic N) is 3. The van der Waals surface area contributed by atoms with Crippen molar-refractivity contribution in [2.45, 2.75) is 6.04 Å². The van der Waals surface area contributed by atoms with Gasteiger partial charge in [0.15, 0.2) is 17.4 Å². The van der Waals surface area contributed by atoms with Gasteiger partial charge in [0.2, 0.25) is 0 Å². The van der Waals surface area contributed by atoms with Crippen LogP contribution in [0.25, 0.3) is 44.5 Å². The summed E-state index contributed by atoms with van der Waals surface area (Å²) in [5.74, 6) is 2.30. The molecule has 2 N–H and O–H groups in total. The molecule has 158 valence electrons. The largest absolute Gasteiger partial charge is 0.485 e. The zero-order chi connectivity index (χ0) is 21.1. The number of ether oxygens (including phenoxy) is 2. The lowest BCUT2D eigenvalue weighted by Crippen LogP contribution is -2.51. The van der Waals surface area contributed by atoms with Crippen molar-refractivity contribution in [1.29, 1.82) is 0 Å². The molecular weight excluding hydrogens is 402 g/mol. The lowest BCUT2D eigenvalue weighted by atomic mass is 10.0. The number of fused-ring (bicyclic) bond motifs is 5. The summed E-state index contributed by atoms with van der Waals surface area (Å²) in [7, 11) is 0. The number of aromatic amines is 2. The molecule has 7 rings (SSSR count). The Labute approximate surface area is 184 Å². The van der Waals surface area contributed by atoms with E-state index in [9.17, 15) is 0 Å². The highest BCUT2D eigenvalue weighted by molar-refractivity contribution is 5.98. The Balaban J connectivity index is 1.53. The van der Waals surface area contributed by atoms with E-state index in [0.717, 1.165) is 56.7 Å². The number of nitrogens with one attached hydrogen (secondary N) is 2. The van der Waals surface area contributed by atoms with Crippen LogP contribution in [0.5, 0.6) is 5.75 Å². The van der Waals surface area contributed by atoms with Gasteiger partial charge in [0.05, 0.1) is 19.3 Å². The van der Waals surface area contributed by atoms with Crippen LogP contribution in [0, 0.1) is 0 Å². The number of hydrogen-bond acceptors (Lipinski definition) is 5. The molecule has 2 aliphatic heterocycles. The second-order valence-corrected chi connectivity index (χ2v) is 8.27. The molecule has 0 aliphatic carbocycles. The van der Waals surface area contributed by atoms with E-state index in [-0.39, 0.29) is 6.04 Å². The minimum Gasteiger partial charge on any atom is -0.485 e. The van der Waals surface area contributed by atoms with Gasteiger partial charge in [-0.25, -0.2) is 9.97 Å². The zero-order valence-corrected chi connectivity index (χ0v) is 17.3. The Kier molecular flexibility index (Phi) is 3.80. The molecule has 2 aromatic carbocycles. The van der Waals surface area contributed by atoms with Gasteiger partial charge in [-0.05, 0) is 24.3 Å². The van der Waals surface area contributed by atoms with Crippen molar-refractivity contribution in [1.82, 2.24) is 19.9 Å². The molecule has 7 nitrogen and oxygen atoms in total. The molecule has 1 fully saturated rings. The Morgan fingerprint density at radius 3 is 2.41 bits per heavy atom. The molecule has 5 heterocycles. The van der Waals surface area contributed by atoms with Crippen LogP contribution in [0.3, 0.4) is 0 Å². The molecule has 0 radical (unpaired) electrons. The van der Waals surface area contributed by atoms with Gasteiger partial charge in [-0.2, -0.15) is 0 Å². The molecule has 0 saturated carbocycles. The number of anilines is 1. The minimum atomic E-state index is 0.165. The highest BCUT2D eigenvalue weighted by Gasteiger charge is 2.35. The summed E-state index contributed by atoms with van der Waals surface area (Å²) >= 11 is 0. The summed E-state index contributed by atoms with van der Waals surface area (Å²) in [6.45, 7) is 2.69. The van der Waals surface area contributed by atoms with Gasteiger partial charge in [0.25, 0.3) is 0 Å². The molecule has 0 amide bonds. The minimum absolute atomic E-state index is 0.165. The van der Waals surface area contributed by atoms with E-state index >= 15 is 0 Å². The monoisotopic (exact) mass is 423 g/mol. The Hall–Kier alpha value is -3.84. The van der Waals surface area contributed by atoms with E-state index in [1.54, 1.807) is 0 Å². The maximum atomic E-state index is 6.30. The van der Waals surface area contributed by atoms with Crippen LogP contribution in [0.15, 0.2) is 60.9 Å². The second-order valence-electron chi connectivity index (χ2n) is 8.27. The van der Waals surface area contributed by atoms with Gasteiger partial charge in [-0.15, -0.1) is 0 Å². The van der Waals surface area contributed by atoms with E-state index in [0.29, 0.717) is 25.6 Å². The maximum absolute atomic E-state index is 6.30. The number of aromatic nitrogens is 4. The first-order chi connectivity index (χ1) is 15.9. The molecule has 32 heavy (non-hydrogen) atoms. The maximum Gasteiger partial charge on any atom is 0.188 e. The SMILES string of the molecule is c1cc(-c2nc(-c3cccc4[nH]ccc34)c3c(n2)N2CCOCC2CO3)c2cc[nH]c2c1. The third-order valence-electron chi connectivity index (χ3n) is 6.45. The molecule has 2 aliphatic rings. The fraction of sp³-hybridized carbons (Fsp3) is 0.200. The van der Waals surface area contributed by atoms with Gasteiger partial charge in [0.1, 0.15) is 12.3 Å². The van der Waals surface area contributed by atoms with Gasteiger partial charge in [-0.3, -0.25) is 0 Å². The van der Waals surface area contributed by atoms with Crippen LogP contribution in [-0.2, 0) is 4.74 Å². The van der Waals surface area contributed by atoms with Crippen LogP contribution in [0.4, 0.5) is 5.82 Å². The van der Waals surface area contributed by atoms with Crippen LogP contribution in [0.1, 0.15) is 0 Å². The van der Waals surface area contributed by atoms with Crippen LogP contribution in [-0.4, -0.2) is 52.3 Å². The first-order valence-corrected chi connectivity index (χ1v) is 10.9. The fourth-order valence-corrected chi connectivity index (χ4v) is 4.89. The van der Waals surface area contributed by atoms with E-state index in [1.807, 2.05) is 18.5 Å². The van der Waals surface area contributed by atoms with Gasteiger partial charge in [0, 0.05) is 51.9 Å². The molecule has 1 saturated heterocycles. The lowest BCUT2D eigenvalue weighted by molar-refractivity contribution is 0.0698. The van der Waals surface area contributed by atoms with E-state index in [4.69, 9.17) is 19.4 Å². The average Bonchev–Trinajstić information content (AvgIpc) is 3.52. The molecular formula is C25H21N5O2. The topological polar surface area (TPSA) is 79.1 Å². The van der Waals surface area contributed by atoms with E-state index in [1.165, 1.54) is 0 Å². The number of rotatable bonds is 2. The molecule has 5 aromatic rings. The highest BCUT2D eigenvalue weighted by atomic mass is 16.5. The molecule has 0 bridgehead atoms. The molecule has 1 unspecified atom stereocenters. The lowest BCUT2D eigenvalue weighted by Gasteiger charge is -2.40. The van der Waals surface area contributed by atoms with Crippen molar-refractivity contribution < 1.29 is 9.47 Å². The summed E-state index contributed by atoms with van der Waals surface area (Å²) in [5.41, 5.74) is 5.01. The smallest absolute Gasteiger partial charge is 0.188 e. The predicted octanol–water partition coefficient (Wildman–Crippen LogP) is 4.37. The summed E-state index contributed by atoms with van der Waals surface area (Å²) in [6, 6.07) is 16.8. The average molecular weight is 423 g/mol. The first-order valence-electron chi connectivity index (χ1n) is 10.9. The van der Waals surface area contributed by atoms with Crippen LogP contribution in [0.2, 0.25) is 0 Å². The summed E-state index contributed by atoms with van der Waals surface area (Å²) in [6.07, 6.45) is 3.91. The Bertz CT molecular complexity index is 1470. The standard InChI is InChI=1S/C25H21N5O2/c1-3-18(16-7-9-26-20(16)5-1)22-23-25(30-11-12-31-13-15(30)14-32-23)29-24(28-22)19-4-2-6-21-17(19)8-10-27-21/h1-10,15,26-27H,11-14H2. The Morgan fingerprint density at radius 1 is 0.844 bits per heavy atom. The second kappa shape index (κ2) is 6.83. The van der Waals surface area contributed by atoms with Crippen molar-refractivity contribution in [3.63, 3.8) is 0 Å². The molecule has 1 atom stereocenters. The van der Waals surface area contributed by atoms with Gasteiger partial charge in [-0.1, -0.05) is 24.3 Å². The first kappa shape index (κ1) is 17.8. The van der Waals surface area contributed by atoms with Crippen molar-refractivity contribution in [2.24, 2.45) is 0 Å². The van der Waals surface area contributed by atoms with E-state index < -0.39 is 0 Å². The number of hydrogen-bond donors (Lipinski definition) is 2. The molecule has 0 spiro atoms. The quantitative estimate of drug-likeness (QED) is 0.441. The van der Waals surface area contributed by atoms with Gasteiger partial charge >= 0.3 is 0 Å². The van der Waals surface area contributed by atoms with E-state index in [2.05, 4.69) is 57.3 Å². The van der Waals surface area contributed by atoms with Crippen molar-refractivity contribution >= 4 is 27.6 Å². The predicted molar refractivity (Wildman–Crippen MR) is 124 cm³/mol. The van der Waals surface area contributed by atoms with Gasteiger partial charge < -0.3 is 24.3 Å². The third kappa shape index (κ3) is 2.58. The summed E-state index contributed by atoms with van der Waals surface area (Å²) in [5, 5.41) is 2.22. The fourth-order valence-electron chi connectivity index (χ4n) is 4.89. The summed E-state index contributed by atoms with van der Waals surface area (Å²) < 4.78 is 12.0. The van der Waals surface area contributed by atoms with Crippen LogP contribution < -0.4 is 9.64 Å². The highest BCUT2D eigenvalue weighted by Crippen LogP contribution is 2.44. The van der Waals surface area contributed by atoms with Crippen molar-refractivity contribution in [2.75, 3.05) is 31.3 Å². The number of H-pyrrole nitrogens is 2. The Morgan fingerprint density at radius 2 is 1.59 bits per heavy atom.